The summed E-state index contributed by atoms with van der Waals surface area (Å²) in [5.74, 6) is -2.92. The first kappa shape index (κ1) is 19.5. The fraction of sp³-hybridized carbons (Fsp3) is 0.500. The van der Waals surface area contributed by atoms with Gasteiger partial charge in [0.2, 0.25) is 5.43 Å². The summed E-state index contributed by atoms with van der Waals surface area (Å²) in [4.78, 5) is 26.2. The van der Waals surface area contributed by atoms with E-state index < -0.39 is 34.2 Å². The van der Waals surface area contributed by atoms with Crippen molar-refractivity contribution in [1.29, 1.82) is 0 Å². The van der Waals surface area contributed by atoms with Crippen LogP contribution in [-0.2, 0) is 0 Å². The van der Waals surface area contributed by atoms with Gasteiger partial charge in [-0.05, 0) is 45.1 Å². The second kappa shape index (κ2) is 6.35. The molecule has 2 heterocycles. The molecule has 29 heavy (non-hydrogen) atoms. The third kappa shape index (κ3) is 3.00. The smallest absolute Gasteiger partial charge is 0.356 e. The molecule has 1 aliphatic heterocycles. The Hall–Kier alpha value is -2.81. The number of halogens is 1. The van der Waals surface area contributed by atoms with Crippen molar-refractivity contribution in [3.63, 3.8) is 0 Å². The average molecular weight is 404 g/mol. The molecule has 0 bridgehead atoms. The van der Waals surface area contributed by atoms with Crippen LogP contribution < -0.4 is 21.8 Å². The maximum absolute atomic E-state index is 15.2. The standard InChI is InChI=1S/C20H25FN4O4/c1-20(2,23)9-5-6-24(8-9)12-7-11-13(15(22)14(12)21)17(26)18(27)16(19(28)29)25(11)10-3-4-10/h7,9-10,27H,3-6,8,22-23H2,1-2H3,(H,28,29). The Balaban J connectivity index is 1.97. The monoisotopic (exact) mass is 404 g/mol. The van der Waals surface area contributed by atoms with E-state index in [0.29, 0.717) is 25.9 Å². The minimum Gasteiger partial charge on any atom is -0.502 e. The van der Waals surface area contributed by atoms with Crippen LogP contribution in [0.1, 0.15) is 49.6 Å². The van der Waals surface area contributed by atoms with Gasteiger partial charge in [0.1, 0.15) is 0 Å². The van der Waals surface area contributed by atoms with Gasteiger partial charge in [0.25, 0.3) is 0 Å². The van der Waals surface area contributed by atoms with E-state index in [-0.39, 0.29) is 34.2 Å². The molecule has 1 aromatic carbocycles. The van der Waals surface area contributed by atoms with Crippen LogP contribution in [-0.4, -0.2) is 39.4 Å². The van der Waals surface area contributed by atoms with Crippen LogP contribution >= 0.6 is 0 Å². The van der Waals surface area contributed by atoms with E-state index >= 15 is 4.39 Å². The van der Waals surface area contributed by atoms with Crippen molar-refractivity contribution in [3.05, 3.63) is 27.8 Å². The van der Waals surface area contributed by atoms with Crippen molar-refractivity contribution < 1.29 is 19.4 Å². The molecular weight excluding hydrogens is 379 g/mol. The van der Waals surface area contributed by atoms with Crippen molar-refractivity contribution >= 4 is 28.2 Å². The van der Waals surface area contributed by atoms with Gasteiger partial charge >= 0.3 is 5.97 Å². The lowest BCUT2D eigenvalue weighted by Gasteiger charge is -2.28. The van der Waals surface area contributed by atoms with Crippen LogP contribution in [0.5, 0.6) is 5.75 Å². The largest absolute Gasteiger partial charge is 0.502 e. The summed E-state index contributed by atoms with van der Waals surface area (Å²) >= 11 is 0. The van der Waals surface area contributed by atoms with E-state index in [0.717, 1.165) is 6.42 Å². The number of anilines is 2. The van der Waals surface area contributed by atoms with E-state index in [1.165, 1.54) is 10.6 Å². The highest BCUT2D eigenvalue weighted by atomic mass is 19.1. The van der Waals surface area contributed by atoms with Crippen molar-refractivity contribution in [3.8, 4) is 5.75 Å². The number of nitrogen functional groups attached to an aromatic ring is 1. The number of carboxylic acids is 1. The number of aromatic carboxylic acids is 1. The number of nitrogens with zero attached hydrogens (tertiary/aromatic N) is 2. The Morgan fingerprint density at radius 2 is 1.97 bits per heavy atom. The number of aromatic nitrogens is 1. The maximum Gasteiger partial charge on any atom is 0.356 e. The average Bonchev–Trinajstić information content (AvgIpc) is 3.34. The third-order valence-corrected chi connectivity index (χ3v) is 6.12. The minimum atomic E-state index is -1.41. The number of hydrogen-bond donors (Lipinski definition) is 4. The Labute approximate surface area is 166 Å². The lowest BCUT2D eigenvalue weighted by atomic mass is 9.88. The Bertz CT molecular complexity index is 1090. The molecule has 1 aromatic heterocycles. The summed E-state index contributed by atoms with van der Waals surface area (Å²) in [7, 11) is 0. The molecule has 0 spiro atoms. The van der Waals surface area contributed by atoms with Crippen molar-refractivity contribution in [2.75, 3.05) is 23.7 Å². The fourth-order valence-corrected chi connectivity index (χ4v) is 4.27. The summed E-state index contributed by atoms with van der Waals surface area (Å²) in [6, 6.07) is 1.31. The number of hydrogen-bond acceptors (Lipinski definition) is 6. The summed E-state index contributed by atoms with van der Waals surface area (Å²) < 4.78 is 16.6. The first-order valence-corrected chi connectivity index (χ1v) is 9.68. The maximum atomic E-state index is 15.2. The second-order valence-corrected chi connectivity index (χ2v) is 8.70. The van der Waals surface area contributed by atoms with Crippen LogP contribution in [0.4, 0.5) is 15.8 Å². The predicted molar refractivity (Wildman–Crippen MR) is 108 cm³/mol. The summed E-state index contributed by atoms with van der Waals surface area (Å²) in [5.41, 5.74) is 10.4. The first-order valence-electron chi connectivity index (χ1n) is 9.68. The normalized spacial score (nSPS) is 19.9. The van der Waals surface area contributed by atoms with Crippen molar-refractivity contribution in [2.45, 2.75) is 44.7 Å². The summed E-state index contributed by atoms with van der Waals surface area (Å²) in [5, 5.41) is 19.6. The minimum absolute atomic E-state index is 0.152. The van der Waals surface area contributed by atoms with Gasteiger partial charge in [-0.1, -0.05) is 0 Å². The molecule has 0 amide bonds. The molecular formula is C20H25FN4O4. The molecule has 1 saturated carbocycles. The molecule has 9 heteroatoms. The highest BCUT2D eigenvalue weighted by molar-refractivity contribution is 6.00. The van der Waals surface area contributed by atoms with Crippen LogP contribution in [0, 0.1) is 11.7 Å². The van der Waals surface area contributed by atoms with Gasteiger partial charge in [0.15, 0.2) is 17.3 Å². The lowest BCUT2D eigenvalue weighted by molar-refractivity contribution is 0.0680. The van der Waals surface area contributed by atoms with E-state index in [9.17, 15) is 19.8 Å². The van der Waals surface area contributed by atoms with Crippen LogP contribution in [0.2, 0.25) is 0 Å². The molecule has 4 rings (SSSR count). The SMILES string of the molecule is CC(C)(N)C1CCN(c2cc3c(c(N)c2F)c(=O)c(O)c(C(=O)O)n3C2CC2)C1. The van der Waals surface area contributed by atoms with Crippen LogP contribution in [0.25, 0.3) is 10.9 Å². The van der Waals surface area contributed by atoms with Gasteiger partial charge in [-0.25, -0.2) is 9.18 Å². The quantitative estimate of drug-likeness (QED) is 0.573. The molecule has 6 N–H and O–H groups in total. The topological polar surface area (TPSA) is 135 Å². The Morgan fingerprint density at radius 1 is 1.31 bits per heavy atom. The molecule has 1 unspecified atom stereocenters. The Morgan fingerprint density at radius 3 is 2.48 bits per heavy atom. The molecule has 2 aromatic rings. The third-order valence-electron chi connectivity index (χ3n) is 6.12. The van der Waals surface area contributed by atoms with Crippen molar-refractivity contribution in [1.82, 2.24) is 4.57 Å². The number of pyridine rings is 1. The number of aromatic hydroxyl groups is 1. The fourth-order valence-electron chi connectivity index (χ4n) is 4.27. The van der Waals surface area contributed by atoms with E-state index in [1.807, 2.05) is 18.7 Å². The van der Waals surface area contributed by atoms with Gasteiger partial charge in [-0.3, -0.25) is 4.79 Å². The first-order chi connectivity index (χ1) is 13.5. The molecule has 1 aliphatic carbocycles. The van der Waals surface area contributed by atoms with E-state index in [1.54, 1.807) is 0 Å². The highest BCUT2D eigenvalue weighted by Crippen LogP contribution is 2.43. The molecule has 2 aliphatic rings. The van der Waals surface area contributed by atoms with Gasteiger partial charge < -0.3 is 31.1 Å². The number of nitrogens with two attached hydrogens (primary N) is 2. The van der Waals surface area contributed by atoms with Crippen LogP contribution in [0.15, 0.2) is 10.9 Å². The zero-order valence-corrected chi connectivity index (χ0v) is 16.4. The molecule has 0 radical (unpaired) electrons. The molecule has 2 fully saturated rings. The van der Waals surface area contributed by atoms with Crippen molar-refractivity contribution in [2.24, 2.45) is 11.7 Å². The zero-order valence-electron chi connectivity index (χ0n) is 16.4. The van der Waals surface area contributed by atoms with Crippen LogP contribution in [0.3, 0.4) is 0 Å². The molecule has 1 atom stereocenters. The zero-order chi connectivity index (χ0) is 21.2. The molecule has 1 saturated heterocycles. The van der Waals surface area contributed by atoms with Gasteiger partial charge in [0, 0.05) is 24.7 Å². The number of fused-ring (bicyclic) bond motifs is 1. The number of benzene rings is 1. The van der Waals surface area contributed by atoms with E-state index in [2.05, 4.69) is 0 Å². The highest BCUT2D eigenvalue weighted by Gasteiger charge is 2.36. The number of carbonyl (C=O) groups is 1. The predicted octanol–water partition coefficient (Wildman–Crippen LogP) is 2.03. The molecule has 8 nitrogen and oxygen atoms in total. The van der Waals surface area contributed by atoms with E-state index in [4.69, 9.17) is 11.5 Å². The second-order valence-electron chi connectivity index (χ2n) is 8.70. The lowest BCUT2D eigenvalue weighted by Crippen LogP contribution is -2.42. The van der Waals surface area contributed by atoms with Gasteiger partial charge in [-0.2, -0.15) is 0 Å². The van der Waals surface area contributed by atoms with Gasteiger partial charge in [0.05, 0.1) is 22.3 Å². The summed E-state index contributed by atoms with van der Waals surface area (Å²) in [6.45, 7) is 4.96. The summed E-state index contributed by atoms with van der Waals surface area (Å²) in [6.07, 6.45) is 2.20. The Kier molecular flexibility index (Phi) is 4.27. The van der Waals surface area contributed by atoms with Gasteiger partial charge in [-0.15, -0.1) is 0 Å². The molecule has 156 valence electrons. The number of rotatable bonds is 4. The number of carboxylic acid groups (broad SMARTS) is 1.